The number of hydrogen-bond donors (Lipinski definition) is 0. The third-order valence-electron chi connectivity index (χ3n) is 4.86. The molecule has 3 rings (SSSR count). The Bertz CT molecular complexity index is 925. The zero-order valence-electron chi connectivity index (χ0n) is 19.8. The first-order valence-corrected chi connectivity index (χ1v) is 11.0. The van der Waals surface area contributed by atoms with Crippen molar-refractivity contribution in [2.45, 2.75) is 77.7 Å². The molecule has 1 heterocycles. The van der Waals surface area contributed by atoms with Gasteiger partial charge in [0.15, 0.2) is 0 Å². The van der Waals surface area contributed by atoms with E-state index >= 15 is 0 Å². The van der Waals surface area contributed by atoms with Gasteiger partial charge in [-0.15, -0.1) is 0 Å². The second-order valence-corrected chi connectivity index (χ2v) is 10.1. The number of amides is 1. The summed E-state index contributed by atoms with van der Waals surface area (Å²) >= 11 is 0. The Kier molecular flexibility index (Phi) is 6.94. The summed E-state index contributed by atoms with van der Waals surface area (Å²) in [6.07, 6.45) is 0.509. The fourth-order valence-electron chi connectivity index (χ4n) is 3.52. The third kappa shape index (κ3) is 6.57. The summed E-state index contributed by atoms with van der Waals surface area (Å²) in [5, 5.41) is 1.37. The van der Waals surface area contributed by atoms with Crippen LogP contribution in [0, 0.1) is 0 Å². The standard InChI is InChI=1S/C26H33NO5/c1-25(2,3)30-23(28)20-14-12-18(13-15-20)16-21-17-22(19-10-8-7-9-11-19)32-27(21)24(29)31-26(4,5)6/h7-15,21-22H,16-17H2,1-6H3/t21-,22-/m0/s1. The molecule has 0 aliphatic carbocycles. The minimum atomic E-state index is -0.620. The fraction of sp³-hybridized carbons (Fsp3) is 0.462. The largest absolute Gasteiger partial charge is 0.456 e. The van der Waals surface area contributed by atoms with Crippen LogP contribution in [0.25, 0.3) is 0 Å². The number of nitrogens with zero attached hydrogens (tertiary/aromatic N) is 1. The van der Waals surface area contributed by atoms with Crippen LogP contribution >= 0.6 is 0 Å². The third-order valence-corrected chi connectivity index (χ3v) is 4.86. The van der Waals surface area contributed by atoms with Gasteiger partial charge in [0, 0.05) is 6.42 Å². The molecule has 2 aromatic rings. The molecule has 1 saturated heterocycles. The zero-order chi connectivity index (χ0) is 23.5. The van der Waals surface area contributed by atoms with Crippen molar-refractivity contribution in [1.82, 2.24) is 5.06 Å². The van der Waals surface area contributed by atoms with E-state index in [4.69, 9.17) is 14.3 Å². The summed E-state index contributed by atoms with van der Waals surface area (Å²) in [7, 11) is 0. The monoisotopic (exact) mass is 439 g/mol. The van der Waals surface area contributed by atoms with E-state index in [0.29, 0.717) is 18.4 Å². The number of hydroxylamine groups is 2. The van der Waals surface area contributed by atoms with Crippen LogP contribution in [0.3, 0.4) is 0 Å². The molecule has 172 valence electrons. The van der Waals surface area contributed by atoms with Gasteiger partial charge in [0.25, 0.3) is 0 Å². The molecule has 2 atom stereocenters. The number of ether oxygens (including phenoxy) is 2. The maximum atomic E-state index is 12.8. The lowest BCUT2D eigenvalue weighted by Gasteiger charge is -2.27. The predicted octanol–water partition coefficient (Wildman–Crippen LogP) is 5.87. The van der Waals surface area contributed by atoms with Crippen LogP contribution in [0.2, 0.25) is 0 Å². The molecular weight excluding hydrogens is 406 g/mol. The maximum absolute atomic E-state index is 12.8. The molecular formula is C26H33NO5. The SMILES string of the molecule is CC(C)(C)OC(=O)c1ccc(C[C@H]2C[C@@H](c3ccccc3)ON2C(=O)OC(C)(C)C)cc1. The Morgan fingerprint density at radius 1 is 0.906 bits per heavy atom. The highest BCUT2D eigenvalue weighted by molar-refractivity contribution is 5.89. The van der Waals surface area contributed by atoms with E-state index in [9.17, 15) is 9.59 Å². The predicted molar refractivity (Wildman–Crippen MR) is 122 cm³/mol. The number of hydrogen-bond acceptors (Lipinski definition) is 5. The van der Waals surface area contributed by atoms with Crippen molar-refractivity contribution in [3.05, 3.63) is 71.3 Å². The molecule has 1 aliphatic heterocycles. The van der Waals surface area contributed by atoms with Crippen molar-refractivity contribution >= 4 is 12.1 Å². The van der Waals surface area contributed by atoms with E-state index in [1.165, 1.54) is 5.06 Å². The molecule has 6 heteroatoms. The Hall–Kier alpha value is -2.86. The van der Waals surface area contributed by atoms with Crippen molar-refractivity contribution in [3.8, 4) is 0 Å². The van der Waals surface area contributed by atoms with Gasteiger partial charge in [-0.25, -0.2) is 9.59 Å². The minimum Gasteiger partial charge on any atom is -0.456 e. The first-order chi connectivity index (χ1) is 14.9. The fourth-order valence-corrected chi connectivity index (χ4v) is 3.52. The number of carbonyl (C=O) groups is 2. The highest BCUT2D eigenvalue weighted by Crippen LogP contribution is 2.35. The molecule has 1 amide bonds. The molecule has 0 radical (unpaired) electrons. The summed E-state index contributed by atoms with van der Waals surface area (Å²) < 4.78 is 11.0. The van der Waals surface area contributed by atoms with Crippen LogP contribution < -0.4 is 0 Å². The molecule has 0 N–H and O–H groups in total. The lowest BCUT2D eigenvalue weighted by molar-refractivity contribution is -0.151. The second-order valence-electron chi connectivity index (χ2n) is 10.1. The smallest absolute Gasteiger partial charge is 0.434 e. The van der Waals surface area contributed by atoms with Crippen LogP contribution in [-0.4, -0.2) is 34.4 Å². The van der Waals surface area contributed by atoms with Crippen LogP contribution in [0.4, 0.5) is 4.79 Å². The summed E-state index contributed by atoms with van der Waals surface area (Å²) in [6, 6.07) is 17.0. The van der Waals surface area contributed by atoms with Crippen LogP contribution in [0.1, 0.15) is 75.6 Å². The van der Waals surface area contributed by atoms with Crippen molar-refractivity contribution in [2.75, 3.05) is 0 Å². The van der Waals surface area contributed by atoms with Gasteiger partial charge in [0.1, 0.15) is 17.3 Å². The first-order valence-electron chi connectivity index (χ1n) is 11.0. The zero-order valence-corrected chi connectivity index (χ0v) is 19.8. The Morgan fingerprint density at radius 2 is 1.50 bits per heavy atom. The number of carbonyl (C=O) groups excluding carboxylic acids is 2. The molecule has 2 aromatic carbocycles. The summed E-state index contributed by atoms with van der Waals surface area (Å²) in [5.74, 6) is -0.354. The summed E-state index contributed by atoms with van der Waals surface area (Å²) in [6.45, 7) is 11.0. The maximum Gasteiger partial charge on any atom is 0.434 e. The van der Waals surface area contributed by atoms with Crippen LogP contribution in [0.15, 0.2) is 54.6 Å². The average molecular weight is 440 g/mol. The number of esters is 1. The summed E-state index contributed by atoms with van der Waals surface area (Å²) in [5.41, 5.74) is 1.34. The quantitative estimate of drug-likeness (QED) is 0.558. The van der Waals surface area contributed by atoms with Gasteiger partial charge in [-0.1, -0.05) is 42.5 Å². The highest BCUT2D eigenvalue weighted by atomic mass is 16.7. The number of rotatable bonds is 4. The van der Waals surface area contributed by atoms with Gasteiger partial charge in [-0.05, 0) is 71.2 Å². The molecule has 0 saturated carbocycles. The van der Waals surface area contributed by atoms with E-state index in [1.54, 1.807) is 12.1 Å². The number of benzene rings is 2. The summed E-state index contributed by atoms with van der Waals surface area (Å²) in [4.78, 5) is 31.2. The average Bonchev–Trinajstić information content (AvgIpc) is 3.10. The van der Waals surface area contributed by atoms with Crippen molar-refractivity contribution < 1.29 is 23.9 Å². The van der Waals surface area contributed by atoms with Crippen LogP contribution in [0.5, 0.6) is 0 Å². The lowest BCUT2D eigenvalue weighted by Crippen LogP contribution is -2.40. The van der Waals surface area contributed by atoms with Gasteiger partial charge >= 0.3 is 12.1 Å². The van der Waals surface area contributed by atoms with Crippen molar-refractivity contribution in [2.24, 2.45) is 0 Å². The lowest BCUT2D eigenvalue weighted by atomic mass is 9.97. The second kappa shape index (κ2) is 9.33. The van der Waals surface area contributed by atoms with Crippen molar-refractivity contribution in [3.63, 3.8) is 0 Å². The topological polar surface area (TPSA) is 65.1 Å². The van der Waals surface area contributed by atoms with Gasteiger partial charge in [-0.3, -0.25) is 4.84 Å². The molecule has 1 fully saturated rings. The van der Waals surface area contributed by atoms with Gasteiger partial charge in [0.2, 0.25) is 0 Å². The molecule has 0 bridgehead atoms. The van der Waals surface area contributed by atoms with Gasteiger partial charge < -0.3 is 9.47 Å². The molecule has 0 unspecified atom stereocenters. The molecule has 1 aliphatic rings. The molecule has 0 spiro atoms. The van der Waals surface area contributed by atoms with E-state index in [2.05, 4.69) is 0 Å². The highest BCUT2D eigenvalue weighted by Gasteiger charge is 2.39. The molecule has 32 heavy (non-hydrogen) atoms. The molecule has 0 aromatic heterocycles. The first kappa shape index (κ1) is 23.8. The molecule has 6 nitrogen and oxygen atoms in total. The van der Waals surface area contributed by atoms with E-state index in [-0.39, 0.29) is 18.1 Å². The normalized spacial score (nSPS) is 19.0. The Morgan fingerprint density at radius 3 is 2.06 bits per heavy atom. The van der Waals surface area contributed by atoms with Gasteiger partial charge in [0.05, 0.1) is 11.6 Å². The van der Waals surface area contributed by atoms with E-state index in [1.807, 2.05) is 84.0 Å². The van der Waals surface area contributed by atoms with Crippen LogP contribution in [-0.2, 0) is 20.7 Å². The van der Waals surface area contributed by atoms with E-state index < -0.39 is 17.3 Å². The van der Waals surface area contributed by atoms with Crippen molar-refractivity contribution in [1.29, 1.82) is 0 Å². The van der Waals surface area contributed by atoms with Gasteiger partial charge in [-0.2, -0.15) is 5.06 Å². The van der Waals surface area contributed by atoms with E-state index in [0.717, 1.165) is 11.1 Å². The Balaban J connectivity index is 1.75. The minimum absolute atomic E-state index is 0.192. The Labute approximate surface area is 190 Å².